The summed E-state index contributed by atoms with van der Waals surface area (Å²) in [5.74, 6) is 0.345. The average Bonchev–Trinajstić information content (AvgIpc) is 2.67. The standard InChI is InChI=1S/C16H28N2O2/c1-5-11(2)14-15(20)18(9-7-13(19)17-14)12-6-8-16(3,4)10-12/h11-12,14H,5-10H2,1-4H3,(H,17,19). The molecule has 0 spiro atoms. The highest BCUT2D eigenvalue weighted by Crippen LogP contribution is 2.40. The first-order valence-electron chi connectivity index (χ1n) is 7.94. The van der Waals surface area contributed by atoms with E-state index in [0.717, 1.165) is 25.7 Å². The van der Waals surface area contributed by atoms with Crippen molar-refractivity contribution in [2.24, 2.45) is 11.3 Å². The zero-order valence-corrected chi connectivity index (χ0v) is 13.2. The van der Waals surface area contributed by atoms with Crippen LogP contribution in [-0.4, -0.2) is 35.3 Å². The van der Waals surface area contributed by atoms with E-state index < -0.39 is 0 Å². The van der Waals surface area contributed by atoms with Gasteiger partial charge in [0.05, 0.1) is 0 Å². The lowest BCUT2D eigenvalue weighted by molar-refractivity contribution is -0.137. The summed E-state index contributed by atoms with van der Waals surface area (Å²) in [6, 6.07) is -0.0181. The molecule has 1 saturated carbocycles. The van der Waals surface area contributed by atoms with Gasteiger partial charge in [0.1, 0.15) is 6.04 Å². The molecule has 1 heterocycles. The highest BCUT2D eigenvalue weighted by atomic mass is 16.2. The molecule has 0 aromatic rings. The Balaban J connectivity index is 2.15. The van der Waals surface area contributed by atoms with E-state index in [0.29, 0.717) is 24.4 Å². The molecular weight excluding hydrogens is 252 g/mol. The summed E-state index contributed by atoms with van der Waals surface area (Å²) in [5.41, 5.74) is 0.320. The molecule has 1 N–H and O–H groups in total. The van der Waals surface area contributed by atoms with Gasteiger partial charge in [-0.2, -0.15) is 0 Å². The van der Waals surface area contributed by atoms with Gasteiger partial charge in [-0.15, -0.1) is 0 Å². The van der Waals surface area contributed by atoms with E-state index in [-0.39, 0.29) is 23.8 Å². The molecule has 0 aromatic heterocycles. The molecule has 114 valence electrons. The number of rotatable bonds is 3. The first-order valence-corrected chi connectivity index (χ1v) is 7.94. The molecule has 0 bridgehead atoms. The van der Waals surface area contributed by atoms with Crippen LogP contribution in [-0.2, 0) is 9.59 Å². The van der Waals surface area contributed by atoms with Crippen LogP contribution in [0.5, 0.6) is 0 Å². The van der Waals surface area contributed by atoms with Gasteiger partial charge in [0.2, 0.25) is 11.8 Å². The number of carbonyl (C=O) groups excluding carboxylic acids is 2. The van der Waals surface area contributed by atoms with Crippen molar-refractivity contribution < 1.29 is 9.59 Å². The smallest absolute Gasteiger partial charge is 0.245 e. The van der Waals surface area contributed by atoms with Crippen molar-refractivity contribution in [3.63, 3.8) is 0 Å². The Morgan fingerprint density at radius 3 is 2.65 bits per heavy atom. The molecule has 0 radical (unpaired) electrons. The molecule has 20 heavy (non-hydrogen) atoms. The van der Waals surface area contributed by atoms with Crippen LogP contribution in [0.2, 0.25) is 0 Å². The minimum Gasteiger partial charge on any atom is -0.344 e. The topological polar surface area (TPSA) is 49.4 Å². The van der Waals surface area contributed by atoms with E-state index in [4.69, 9.17) is 0 Å². The van der Waals surface area contributed by atoms with Crippen molar-refractivity contribution in [3.05, 3.63) is 0 Å². The first-order chi connectivity index (χ1) is 9.34. The third-order valence-corrected chi connectivity index (χ3v) is 5.04. The van der Waals surface area contributed by atoms with Crippen LogP contribution in [0.15, 0.2) is 0 Å². The van der Waals surface area contributed by atoms with Crippen molar-refractivity contribution in [1.29, 1.82) is 0 Å². The van der Waals surface area contributed by atoms with E-state index >= 15 is 0 Å². The molecular formula is C16H28N2O2. The van der Waals surface area contributed by atoms with Crippen LogP contribution in [0.25, 0.3) is 0 Å². The van der Waals surface area contributed by atoms with Gasteiger partial charge in [-0.3, -0.25) is 9.59 Å². The Hall–Kier alpha value is -1.06. The molecule has 1 aliphatic carbocycles. The van der Waals surface area contributed by atoms with Gasteiger partial charge in [0.25, 0.3) is 0 Å². The van der Waals surface area contributed by atoms with Crippen molar-refractivity contribution >= 4 is 11.8 Å². The largest absolute Gasteiger partial charge is 0.344 e. The van der Waals surface area contributed by atoms with E-state index in [9.17, 15) is 9.59 Å². The van der Waals surface area contributed by atoms with Gasteiger partial charge in [0, 0.05) is 19.0 Å². The van der Waals surface area contributed by atoms with Gasteiger partial charge < -0.3 is 10.2 Å². The molecule has 2 amide bonds. The van der Waals surface area contributed by atoms with Crippen molar-refractivity contribution in [2.45, 2.75) is 71.9 Å². The van der Waals surface area contributed by atoms with Gasteiger partial charge >= 0.3 is 0 Å². The lowest BCUT2D eigenvalue weighted by atomic mass is 9.91. The molecule has 2 aliphatic rings. The lowest BCUT2D eigenvalue weighted by Crippen LogP contribution is -2.50. The monoisotopic (exact) mass is 280 g/mol. The van der Waals surface area contributed by atoms with Gasteiger partial charge in [-0.05, 0) is 30.6 Å². The quantitative estimate of drug-likeness (QED) is 0.862. The van der Waals surface area contributed by atoms with Crippen LogP contribution in [0.4, 0.5) is 0 Å². The second-order valence-corrected chi connectivity index (χ2v) is 7.27. The van der Waals surface area contributed by atoms with Crippen molar-refractivity contribution in [2.75, 3.05) is 6.54 Å². The van der Waals surface area contributed by atoms with E-state index in [1.165, 1.54) is 0 Å². The van der Waals surface area contributed by atoms with Crippen molar-refractivity contribution in [3.8, 4) is 0 Å². The first kappa shape index (κ1) is 15.3. The SMILES string of the molecule is CCC(C)C1NC(=O)CCN(C2CCC(C)(C)C2)C1=O. The second-order valence-electron chi connectivity index (χ2n) is 7.27. The average molecular weight is 280 g/mol. The minimum atomic E-state index is -0.335. The Morgan fingerprint density at radius 2 is 2.10 bits per heavy atom. The van der Waals surface area contributed by atoms with Crippen LogP contribution < -0.4 is 5.32 Å². The van der Waals surface area contributed by atoms with Crippen LogP contribution in [0.3, 0.4) is 0 Å². The second kappa shape index (κ2) is 5.74. The maximum absolute atomic E-state index is 12.8. The summed E-state index contributed by atoms with van der Waals surface area (Å²) in [5, 5.41) is 2.92. The summed E-state index contributed by atoms with van der Waals surface area (Å²) in [4.78, 5) is 26.6. The number of nitrogens with one attached hydrogen (secondary N) is 1. The Labute approximate surface area is 122 Å². The van der Waals surface area contributed by atoms with Gasteiger partial charge in [0.15, 0.2) is 0 Å². The van der Waals surface area contributed by atoms with E-state index in [2.05, 4.69) is 26.1 Å². The zero-order valence-electron chi connectivity index (χ0n) is 13.2. The molecule has 2 fully saturated rings. The molecule has 1 saturated heterocycles. The number of carbonyl (C=O) groups is 2. The maximum Gasteiger partial charge on any atom is 0.245 e. The normalized spacial score (nSPS) is 31.9. The summed E-state index contributed by atoms with van der Waals surface area (Å²) in [6.45, 7) is 9.23. The molecule has 0 aromatic carbocycles. The van der Waals surface area contributed by atoms with Crippen molar-refractivity contribution in [1.82, 2.24) is 10.2 Å². The fraction of sp³-hybridized carbons (Fsp3) is 0.875. The number of hydrogen-bond donors (Lipinski definition) is 1. The molecule has 4 heteroatoms. The highest BCUT2D eigenvalue weighted by molar-refractivity contribution is 5.90. The van der Waals surface area contributed by atoms with Gasteiger partial charge in [-0.1, -0.05) is 34.1 Å². The lowest BCUT2D eigenvalue weighted by Gasteiger charge is -2.32. The summed E-state index contributed by atoms with van der Waals surface area (Å²) in [7, 11) is 0. The number of hydrogen-bond acceptors (Lipinski definition) is 2. The fourth-order valence-electron chi connectivity index (χ4n) is 3.47. The predicted molar refractivity (Wildman–Crippen MR) is 79.1 cm³/mol. The Morgan fingerprint density at radius 1 is 1.40 bits per heavy atom. The van der Waals surface area contributed by atoms with Crippen LogP contribution in [0.1, 0.15) is 59.8 Å². The minimum absolute atomic E-state index is 0.0170. The van der Waals surface area contributed by atoms with Crippen LogP contribution in [0, 0.1) is 11.3 Å². The fourth-order valence-corrected chi connectivity index (χ4v) is 3.47. The third kappa shape index (κ3) is 3.15. The molecule has 2 rings (SSSR count). The zero-order chi connectivity index (χ0) is 14.9. The summed E-state index contributed by atoms with van der Waals surface area (Å²) >= 11 is 0. The van der Waals surface area contributed by atoms with E-state index in [1.807, 2.05) is 11.8 Å². The maximum atomic E-state index is 12.8. The summed E-state index contributed by atoms with van der Waals surface area (Å²) in [6.07, 6.45) is 4.63. The Bertz CT molecular complexity index is 392. The number of nitrogens with zero attached hydrogens (tertiary/aromatic N) is 1. The van der Waals surface area contributed by atoms with Gasteiger partial charge in [-0.25, -0.2) is 0 Å². The molecule has 4 nitrogen and oxygen atoms in total. The number of amides is 2. The summed E-state index contributed by atoms with van der Waals surface area (Å²) < 4.78 is 0. The molecule has 1 aliphatic heterocycles. The third-order valence-electron chi connectivity index (χ3n) is 5.04. The van der Waals surface area contributed by atoms with Crippen LogP contribution >= 0.6 is 0 Å². The predicted octanol–water partition coefficient (Wildman–Crippen LogP) is 2.33. The highest BCUT2D eigenvalue weighted by Gasteiger charge is 2.40. The molecule has 3 atom stereocenters. The molecule has 3 unspecified atom stereocenters. The van der Waals surface area contributed by atoms with E-state index in [1.54, 1.807) is 0 Å². The Kier molecular flexibility index (Phi) is 4.40.